The monoisotopic (exact) mass is 319 g/mol. The van der Waals surface area contributed by atoms with E-state index in [-0.39, 0.29) is 0 Å². The average Bonchev–Trinajstić information content (AvgIpc) is 3.13. The van der Waals surface area contributed by atoms with E-state index in [2.05, 4.69) is 41.4 Å². The number of nitrogens with zero attached hydrogens (tertiary/aromatic N) is 2. The van der Waals surface area contributed by atoms with Crippen molar-refractivity contribution >= 4 is 38.9 Å². The number of fused-ring (bicyclic) bond motifs is 1. The van der Waals surface area contributed by atoms with Crippen molar-refractivity contribution in [3.8, 4) is 0 Å². The summed E-state index contributed by atoms with van der Waals surface area (Å²) in [7, 11) is 0. The van der Waals surface area contributed by atoms with Gasteiger partial charge < -0.3 is 10.2 Å². The van der Waals surface area contributed by atoms with Gasteiger partial charge in [0.05, 0.1) is 16.3 Å². The summed E-state index contributed by atoms with van der Waals surface area (Å²) < 4.78 is 1.27. The van der Waals surface area contributed by atoms with Crippen molar-refractivity contribution in [1.82, 2.24) is 15.2 Å². The molecule has 1 saturated heterocycles. The Bertz CT molecular complexity index is 590. The second-order valence-corrected chi connectivity index (χ2v) is 6.91. The van der Waals surface area contributed by atoms with E-state index >= 15 is 0 Å². The number of hydrogen-bond donors (Lipinski definition) is 1. The minimum Gasteiger partial charge on any atom is -0.363 e. The summed E-state index contributed by atoms with van der Waals surface area (Å²) in [6.45, 7) is 4.21. The second-order valence-electron chi connectivity index (χ2n) is 5.46. The third kappa shape index (κ3) is 3.19. The molecular weight excluding hydrogens is 298 g/mol. The Hall–Kier alpha value is -1.20. The first-order valence-corrected chi connectivity index (χ1v) is 8.92. The van der Waals surface area contributed by atoms with Crippen molar-refractivity contribution in [2.45, 2.75) is 38.6 Å². The Morgan fingerprint density at radius 1 is 1.48 bits per heavy atom. The van der Waals surface area contributed by atoms with Crippen LogP contribution in [0, 0.1) is 0 Å². The molecule has 0 bridgehead atoms. The molecule has 0 amide bonds. The molecule has 1 atom stereocenters. The standard InChI is InChI=1S/C16H21N3S2/c1-2-3-10-17-16(20)19-11-6-8-13(19)15-18-12-7-4-5-9-14(12)21-15/h4-5,7,9,13H,2-3,6,8,10-11H2,1H3,(H,17,20)/t13-/m1/s1. The number of hydrogen-bond acceptors (Lipinski definition) is 3. The number of aromatic nitrogens is 1. The number of benzene rings is 1. The van der Waals surface area contributed by atoms with Crippen LogP contribution in [0.3, 0.4) is 0 Å². The third-order valence-corrected chi connectivity index (χ3v) is 5.43. The number of likely N-dealkylation sites (tertiary alicyclic amines) is 1. The lowest BCUT2D eigenvalue weighted by Crippen LogP contribution is -2.39. The van der Waals surface area contributed by atoms with E-state index in [0.29, 0.717) is 6.04 Å². The van der Waals surface area contributed by atoms with Gasteiger partial charge in [-0.1, -0.05) is 25.5 Å². The SMILES string of the molecule is CCCCNC(=S)N1CCC[C@@H]1c1nc2ccccc2s1. The molecule has 1 fully saturated rings. The molecule has 0 aliphatic carbocycles. The summed E-state index contributed by atoms with van der Waals surface area (Å²) in [5, 5.41) is 5.49. The number of thiocarbonyl (C=S) groups is 1. The first-order chi connectivity index (χ1) is 10.3. The minimum atomic E-state index is 0.351. The first-order valence-electron chi connectivity index (χ1n) is 7.69. The molecule has 0 radical (unpaired) electrons. The topological polar surface area (TPSA) is 28.2 Å². The van der Waals surface area contributed by atoms with Gasteiger partial charge in [-0.25, -0.2) is 4.98 Å². The quantitative estimate of drug-likeness (QED) is 0.678. The Morgan fingerprint density at radius 2 is 2.33 bits per heavy atom. The molecule has 3 rings (SSSR count). The van der Waals surface area contributed by atoms with Crippen LogP contribution in [0.1, 0.15) is 43.7 Å². The number of rotatable bonds is 4. The minimum absolute atomic E-state index is 0.351. The molecule has 0 saturated carbocycles. The predicted molar refractivity (Wildman–Crippen MR) is 93.8 cm³/mol. The fourth-order valence-corrected chi connectivity index (χ4v) is 4.21. The third-order valence-electron chi connectivity index (χ3n) is 3.92. The average molecular weight is 319 g/mol. The van der Waals surface area contributed by atoms with Gasteiger partial charge in [-0.15, -0.1) is 11.3 Å². The highest BCUT2D eigenvalue weighted by molar-refractivity contribution is 7.80. The molecule has 21 heavy (non-hydrogen) atoms. The number of nitrogens with one attached hydrogen (secondary N) is 1. The van der Waals surface area contributed by atoms with Gasteiger partial charge in [0.1, 0.15) is 5.01 Å². The van der Waals surface area contributed by atoms with Crippen molar-refractivity contribution < 1.29 is 0 Å². The van der Waals surface area contributed by atoms with Crippen LogP contribution >= 0.6 is 23.6 Å². The molecule has 1 aliphatic heterocycles. The molecule has 1 aliphatic rings. The highest BCUT2D eigenvalue weighted by Crippen LogP contribution is 2.36. The predicted octanol–water partition coefficient (Wildman–Crippen LogP) is 4.11. The highest BCUT2D eigenvalue weighted by atomic mass is 32.1. The number of thiazole rings is 1. The Balaban J connectivity index is 1.75. The van der Waals surface area contributed by atoms with Gasteiger partial charge >= 0.3 is 0 Å². The van der Waals surface area contributed by atoms with Gasteiger partial charge in [0.15, 0.2) is 5.11 Å². The summed E-state index contributed by atoms with van der Waals surface area (Å²) in [5.74, 6) is 0. The molecule has 3 nitrogen and oxygen atoms in total. The lowest BCUT2D eigenvalue weighted by molar-refractivity contribution is 0.392. The van der Waals surface area contributed by atoms with Crippen molar-refractivity contribution in [1.29, 1.82) is 0 Å². The summed E-state index contributed by atoms with van der Waals surface area (Å²) in [6, 6.07) is 8.71. The van der Waals surface area contributed by atoms with E-state index in [1.165, 1.54) is 29.0 Å². The van der Waals surface area contributed by atoms with E-state index in [0.717, 1.165) is 30.1 Å². The highest BCUT2D eigenvalue weighted by Gasteiger charge is 2.30. The first kappa shape index (κ1) is 14.7. The lowest BCUT2D eigenvalue weighted by Gasteiger charge is -2.26. The van der Waals surface area contributed by atoms with Crippen LogP contribution in [0.4, 0.5) is 0 Å². The molecule has 0 spiro atoms. The molecule has 1 aromatic carbocycles. The molecule has 112 valence electrons. The molecule has 0 unspecified atom stereocenters. The lowest BCUT2D eigenvalue weighted by atomic mass is 10.2. The molecule has 2 heterocycles. The van der Waals surface area contributed by atoms with Crippen LogP contribution in [0.5, 0.6) is 0 Å². The fourth-order valence-electron chi connectivity index (χ4n) is 2.77. The maximum absolute atomic E-state index is 5.58. The van der Waals surface area contributed by atoms with Gasteiger partial charge in [0, 0.05) is 13.1 Å². The van der Waals surface area contributed by atoms with Crippen molar-refractivity contribution in [3.05, 3.63) is 29.3 Å². The van der Waals surface area contributed by atoms with Gasteiger partial charge in [-0.3, -0.25) is 0 Å². The van der Waals surface area contributed by atoms with Crippen LogP contribution in [0.25, 0.3) is 10.2 Å². The zero-order valence-corrected chi connectivity index (χ0v) is 14.0. The normalized spacial score (nSPS) is 18.3. The smallest absolute Gasteiger partial charge is 0.169 e. The summed E-state index contributed by atoms with van der Waals surface area (Å²) in [6.07, 6.45) is 4.70. The summed E-state index contributed by atoms with van der Waals surface area (Å²) >= 11 is 7.38. The zero-order chi connectivity index (χ0) is 14.7. The van der Waals surface area contributed by atoms with Gasteiger partial charge in [-0.2, -0.15) is 0 Å². The maximum Gasteiger partial charge on any atom is 0.169 e. The molecule has 2 aromatic rings. The summed E-state index contributed by atoms with van der Waals surface area (Å²) in [5.41, 5.74) is 1.11. The van der Waals surface area contributed by atoms with Crippen molar-refractivity contribution in [3.63, 3.8) is 0 Å². The van der Waals surface area contributed by atoms with E-state index in [1.807, 2.05) is 0 Å². The van der Waals surface area contributed by atoms with Crippen LogP contribution in [0.2, 0.25) is 0 Å². The zero-order valence-electron chi connectivity index (χ0n) is 12.3. The van der Waals surface area contributed by atoms with Crippen molar-refractivity contribution in [2.75, 3.05) is 13.1 Å². The molecular formula is C16H21N3S2. The Kier molecular flexibility index (Phi) is 4.70. The van der Waals surface area contributed by atoms with Crippen LogP contribution in [-0.4, -0.2) is 28.1 Å². The van der Waals surface area contributed by atoms with Gasteiger partial charge in [0.2, 0.25) is 0 Å². The largest absolute Gasteiger partial charge is 0.363 e. The van der Waals surface area contributed by atoms with E-state index < -0.39 is 0 Å². The van der Waals surface area contributed by atoms with Crippen LogP contribution in [0.15, 0.2) is 24.3 Å². The Labute approximate surface area is 135 Å². The number of unbranched alkanes of at least 4 members (excludes halogenated alkanes) is 1. The molecule has 1 N–H and O–H groups in total. The van der Waals surface area contributed by atoms with E-state index in [9.17, 15) is 0 Å². The fraction of sp³-hybridized carbons (Fsp3) is 0.500. The van der Waals surface area contributed by atoms with E-state index in [4.69, 9.17) is 17.2 Å². The van der Waals surface area contributed by atoms with Crippen LogP contribution < -0.4 is 5.32 Å². The van der Waals surface area contributed by atoms with Crippen molar-refractivity contribution in [2.24, 2.45) is 0 Å². The van der Waals surface area contributed by atoms with Crippen LogP contribution in [-0.2, 0) is 0 Å². The number of para-hydroxylation sites is 1. The maximum atomic E-state index is 5.58. The Morgan fingerprint density at radius 3 is 3.14 bits per heavy atom. The van der Waals surface area contributed by atoms with Gasteiger partial charge in [-0.05, 0) is 43.6 Å². The summed E-state index contributed by atoms with van der Waals surface area (Å²) in [4.78, 5) is 7.14. The molecule has 1 aromatic heterocycles. The van der Waals surface area contributed by atoms with Gasteiger partial charge in [0.25, 0.3) is 0 Å². The molecule has 5 heteroatoms. The van der Waals surface area contributed by atoms with E-state index in [1.54, 1.807) is 11.3 Å². The second kappa shape index (κ2) is 6.71.